The molecule has 0 saturated heterocycles. The lowest BCUT2D eigenvalue weighted by Crippen LogP contribution is -2.53. The van der Waals surface area contributed by atoms with E-state index in [0.29, 0.717) is 6.54 Å². The van der Waals surface area contributed by atoms with Crippen molar-refractivity contribution in [2.75, 3.05) is 13.7 Å². The van der Waals surface area contributed by atoms with Crippen LogP contribution in [-0.4, -0.2) is 31.6 Å². The molecule has 0 aromatic heterocycles. The van der Waals surface area contributed by atoms with Crippen LogP contribution in [-0.2, 0) is 14.3 Å². The van der Waals surface area contributed by atoms with E-state index in [9.17, 15) is 9.59 Å². The van der Waals surface area contributed by atoms with E-state index in [1.165, 1.54) is 7.11 Å². The summed E-state index contributed by atoms with van der Waals surface area (Å²) in [6.07, 6.45) is 2.64. The molecule has 1 atom stereocenters. The second kappa shape index (κ2) is 4.61. The second-order valence-electron chi connectivity index (χ2n) is 4.06. The predicted molar refractivity (Wildman–Crippen MR) is 55.0 cm³/mol. The topological polar surface area (TPSA) is 81.4 Å². The zero-order chi connectivity index (χ0) is 11.5. The van der Waals surface area contributed by atoms with Crippen LogP contribution >= 0.6 is 0 Å². The van der Waals surface area contributed by atoms with Gasteiger partial charge in [-0.15, -0.1) is 0 Å². The third-order valence-electron chi connectivity index (χ3n) is 3.09. The Morgan fingerprint density at radius 2 is 2.13 bits per heavy atom. The molecule has 86 valence electrons. The SMILES string of the molecule is COC(=O)[C@H](C)NC(=O)C1(CN)CCC1. The minimum Gasteiger partial charge on any atom is -0.467 e. The number of ether oxygens (including phenoxy) is 1. The van der Waals surface area contributed by atoms with Gasteiger partial charge in [0.1, 0.15) is 6.04 Å². The van der Waals surface area contributed by atoms with Crippen LogP contribution in [0.2, 0.25) is 0 Å². The minimum absolute atomic E-state index is 0.130. The fraction of sp³-hybridized carbons (Fsp3) is 0.800. The first-order valence-corrected chi connectivity index (χ1v) is 5.14. The van der Waals surface area contributed by atoms with Gasteiger partial charge in [-0.2, -0.15) is 0 Å². The summed E-state index contributed by atoms with van der Waals surface area (Å²) in [5.41, 5.74) is 5.13. The van der Waals surface area contributed by atoms with Crippen LogP contribution in [0, 0.1) is 5.41 Å². The molecule has 1 fully saturated rings. The van der Waals surface area contributed by atoms with Crippen LogP contribution in [0.25, 0.3) is 0 Å². The van der Waals surface area contributed by atoms with E-state index in [4.69, 9.17) is 5.73 Å². The third kappa shape index (κ3) is 2.28. The molecule has 1 amide bonds. The fourth-order valence-electron chi connectivity index (χ4n) is 1.71. The number of esters is 1. The van der Waals surface area contributed by atoms with Gasteiger partial charge in [0, 0.05) is 6.54 Å². The van der Waals surface area contributed by atoms with Crippen molar-refractivity contribution in [3.63, 3.8) is 0 Å². The lowest BCUT2D eigenvalue weighted by Gasteiger charge is -2.39. The molecule has 0 aliphatic heterocycles. The predicted octanol–water partition coefficient (Wildman–Crippen LogP) is -0.207. The third-order valence-corrected chi connectivity index (χ3v) is 3.09. The number of rotatable bonds is 4. The largest absolute Gasteiger partial charge is 0.467 e. The van der Waals surface area contributed by atoms with E-state index in [1.807, 2.05) is 0 Å². The molecule has 5 nitrogen and oxygen atoms in total. The molecule has 1 aliphatic carbocycles. The Morgan fingerprint density at radius 3 is 2.47 bits per heavy atom. The van der Waals surface area contributed by atoms with Gasteiger partial charge in [0.25, 0.3) is 0 Å². The molecule has 0 aromatic carbocycles. The molecular weight excluding hydrogens is 196 g/mol. The van der Waals surface area contributed by atoms with Crippen molar-refractivity contribution in [3.05, 3.63) is 0 Å². The van der Waals surface area contributed by atoms with Crippen molar-refractivity contribution in [2.24, 2.45) is 11.1 Å². The first-order chi connectivity index (χ1) is 7.05. The summed E-state index contributed by atoms with van der Waals surface area (Å²) < 4.78 is 4.53. The van der Waals surface area contributed by atoms with Crippen LogP contribution in [0.15, 0.2) is 0 Å². The lowest BCUT2D eigenvalue weighted by molar-refractivity contribution is -0.147. The van der Waals surface area contributed by atoms with Crippen LogP contribution in [0.3, 0.4) is 0 Å². The zero-order valence-corrected chi connectivity index (χ0v) is 9.21. The molecule has 0 spiro atoms. The van der Waals surface area contributed by atoms with E-state index >= 15 is 0 Å². The van der Waals surface area contributed by atoms with Crippen LogP contribution in [0.5, 0.6) is 0 Å². The fourth-order valence-corrected chi connectivity index (χ4v) is 1.71. The van der Waals surface area contributed by atoms with Gasteiger partial charge in [0.05, 0.1) is 12.5 Å². The summed E-state index contributed by atoms with van der Waals surface area (Å²) in [4.78, 5) is 22.9. The molecular formula is C10H18N2O3. The maximum Gasteiger partial charge on any atom is 0.328 e. The molecule has 5 heteroatoms. The van der Waals surface area contributed by atoms with Crippen molar-refractivity contribution in [3.8, 4) is 0 Å². The molecule has 0 aromatic rings. The van der Waals surface area contributed by atoms with Gasteiger partial charge in [-0.3, -0.25) is 4.79 Å². The van der Waals surface area contributed by atoms with Crippen molar-refractivity contribution >= 4 is 11.9 Å². The Kier molecular flexibility index (Phi) is 3.68. The summed E-state index contributed by atoms with van der Waals surface area (Å²) in [6.45, 7) is 1.94. The lowest BCUT2D eigenvalue weighted by atomic mass is 9.68. The number of nitrogens with one attached hydrogen (secondary N) is 1. The minimum atomic E-state index is -0.605. The number of hydrogen-bond donors (Lipinski definition) is 2. The van der Waals surface area contributed by atoms with Gasteiger partial charge in [-0.05, 0) is 19.8 Å². The van der Waals surface area contributed by atoms with Crippen molar-refractivity contribution in [1.82, 2.24) is 5.32 Å². The number of amides is 1. The van der Waals surface area contributed by atoms with E-state index < -0.39 is 17.4 Å². The summed E-state index contributed by atoms with van der Waals surface area (Å²) in [5.74, 6) is -0.566. The van der Waals surface area contributed by atoms with Gasteiger partial charge >= 0.3 is 5.97 Å². The number of nitrogens with two attached hydrogens (primary N) is 1. The highest BCUT2D eigenvalue weighted by molar-refractivity contribution is 5.88. The van der Waals surface area contributed by atoms with Gasteiger partial charge < -0.3 is 15.8 Å². The molecule has 1 aliphatic rings. The molecule has 0 bridgehead atoms. The average Bonchev–Trinajstić information content (AvgIpc) is 2.15. The number of carbonyl (C=O) groups is 2. The summed E-state index contributed by atoms with van der Waals surface area (Å²) in [5, 5.41) is 2.63. The maximum atomic E-state index is 11.8. The van der Waals surface area contributed by atoms with E-state index in [0.717, 1.165) is 19.3 Å². The quantitative estimate of drug-likeness (QED) is 0.635. The highest BCUT2D eigenvalue weighted by atomic mass is 16.5. The molecule has 0 radical (unpaired) electrons. The normalized spacial score (nSPS) is 19.9. The molecule has 1 saturated carbocycles. The smallest absolute Gasteiger partial charge is 0.328 e. The monoisotopic (exact) mass is 214 g/mol. The van der Waals surface area contributed by atoms with E-state index in [2.05, 4.69) is 10.1 Å². The van der Waals surface area contributed by atoms with Gasteiger partial charge in [0.2, 0.25) is 5.91 Å². The molecule has 3 N–H and O–H groups in total. The summed E-state index contributed by atoms with van der Waals surface area (Å²) in [6, 6.07) is -0.605. The second-order valence-corrected chi connectivity index (χ2v) is 4.06. The van der Waals surface area contributed by atoms with Crippen LogP contribution in [0.1, 0.15) is 26.2 Å². The zero-order valence-electron chi connectivity index (χ0n) is 9.21. The van der Waals surface area contributed by atoms with Gasteiger partial charge in [0.15, 0.2) is 0 Å². The Morgan fingerprint density at radius 1 is 1.53 bits per heavy atom. The van der Waals surface area contributed by atoms with Crippen LogP contribution in [0.4, 0.5) is 0 Å². The van der Waals surface area contributed by atoms with Crippen molar-refractivity contribution in [2.45, 2.75) is 32.2 Å². The number of carbonyl (C=O) groups excluding carboxylic acids is 2. The van der Waals surface area contributed by atoms with Crippen LogP contribution < -0.4 is 11.1 Å². The van der Waals surface area contributed by atoms with Crippen molar-refractivity contribution in [1.29, 1.82) is 0 Å². The first kappa shape index (κ1) is 12.0. The highest BCUT2D eigenvalue weighted by Crippen LogP contribution is 2.40. The Balaban J connectivity index is 2.51. The number of hydrogen-bond acceptors (Lipinski definition) is 4. The highest BCUT2D eigenvalue weighted by Gasteiger charge is 2.43. The molecule has 0 unspecified atom stereocenters. The molecule has 1 rings (SSSR count). The van der Waals surface area contributed by atoms with E-state index in [-0.39, 0.29) is 5.91 Å². The van der Waals surface area contributed by atoms with E-state index in [1.54, 1.807) is 6.92 Å². The maximum absolute atomic E-state index is 11.8. The Labute approximate surface area is 89.3 Å². The average molecular weight is 214 g/mol. The van der Waals surface area contributed by atoms with Crippen molar-refractivity contribution < 1.29 is 14.3 Å². The number of methoxy groups -OCH3 is 1. The summed E-state index contributed by atoms with van der Waals surface area (Å²) in [7, 11) is 1.30. The molecule has 0 heterocycles. The van der Waals surface area contributed by atoms with Gasteiger partial charge in [-0.1, -0.05) is 6.42 Å². The Hall–Kier alpha value is -1.10. The first-order valence-electron chi connectivity index (χ1n) is 5.14. The Bertz CT molecular complexity index is 256. The summed E-state index contributed by atoms with van der Waals surface area (Å²) >= 11 is 0. The standard InChI is InChI=1S/C10H18N2O3/c1-7(8(13)15-2)12-9(14)10(6-11)4-3-5-10/h7H,3-6,11H2,1-2H3,(H,12,14)/t7-/m0/s1. The molecule has 15 heavy (non-hydrogen) atoms. The van der Waals surface area contributed by atoms with Gasteiger partial charge in [-0.25, -0.2) is 4.79 Å².